The fraction of sp³-hybridized carbons (Fsp3) is 0.381. The van der Waals surface area contributed by atoms with E-state index in [2.05, 4.69) is 4.90 Å². The van der Waals surface area contributed by atoms with E-state index in [0.717, 1.165) is 35.2 Å². The lowest BCUT2D eigenvalue weighted by Crippen LogP contribution is -2.16. The average molecular weight is 355 g/mol. The molecule has 2 N–H and O–H groups in total. The molecule has 0 bridgehead atoms. The van der Waals surface area contributed by atoms with Gasteiger partial charge < -0.3 is 19.8 Å². The van der Waals surface area contributed by atoms with E-state index in [0.29, 0.717) is 24.3 Å². The predicted octanol–water partition coefficient (Wildman–Crippen LogP) is 2.78. The molecule has 0 saturated carbocycles. The van der Waals surface area contributed by atoms with Gasteiger partial charge in [-0.05, 0) is 61.8 Å². The molecule has 3 rings (SSSR count). The van der Waals surface area contributed by atoms with Gasteiger partial charge in [-0.1, -0.05) is 30.3 Å². The molecule has 2 aromatic carbocycles. The second-order valence-corrected chi connectivity index (χ2v) is 6.98. The smallest absolute Gasteiger partial charge is 0.307 e. The summed E-state index contributed by atoms with van der Waals surface area (Å²) in [5, 5.41) is 20.4. The van der Waals surface area contributed by atoms with Crippen molar-refractivity contribution in [3.05, 3.63) is 64.2 Å². The van der Waals surface area contributed by atoms with Gasteiger partial charge in [0.25, 0.3) is 0 Å². The Morgan fingerprint density at radius 3 is 2.73 bits per heavy atom. The summed E-state index contributed by atoms with van der Waals surface area (Å²) in [7, 11) is 4.02. The third-order valence-electron chi connectivity index (χ3n) is 4.79. The maximum Gasteiger partial charge on any atom is 0.307 e. The van der Waals surface area contributed by atoms with Gasteiger partial charge in [0, 0.05) is 5.56 Å². The number of nitrogens with zero attached hydrogens (tertiary/aromatic N) is 1. The van der Waals surface area contributed by atoms with Crippen LogP contribution in [0.1, 0.15) is 40.3 Å². The lowest BCUT2D eigenvalue weighted by Gasteiger charge is -2.21. The molecule has 138 valence electrons. The Bertz CT molecular complexity index is 801. The quantitative estimate of drug-likeness (QED) is 0.834. The summed E-state index contributed by atoms with van der Waals surface area (Å²) >= 11 is 0. The van der Waals surface area contributed by atoms with E-state index in [4.69, 9.17) is 4.74 Å². The Labute approximate surface area is 153 Å². The number of aliphatic carboxylic acids is 1. The summed E-state index contributed by atoms with van der Waals surface area (Å²) < 4.78 is 5.96. The molecule has 0 spiro atoms. The van der Waals surface area contributed by atoms with Gasteiger partial charge in [-0.15, -0.1) is 0 Å². The van der Waals surface area contributed by atoms with Crippen LogP contribution in [0, 0.1) is 0 Å². The van der Waals surface area contributed by atoms with Crippen molar-refractivity contribution in [2.45, 2.75) is 32.0 Å². The topological polar surface area (TPSA) is 70.0 Å². The van der Waals surface area contributed by atoms with Crippen molar-refractivity contribution in [2.75, 3.05) is 20.6 Å². The summed E-state index contributed by atoms with van der Waals surface area (Å²) in [6.07, 6.45) is 0.711. The minimum absolute atomic E-state index is 0.0566. The van der Waals surface area contributed by atoms with E-state index in [-0.39, 0.29) is 6.42 Å². The summed E-state index contributed by atoms with van der Waals surface area (Å²) in [5.74, 6) is -0.231. The van der Waals surface area contributed by atoms with Crippen molar-refractivity contribution in [1.29, 1.82) is 0 Å². The highest BCUT2D eigenvalue weighted by Gasteiger charge is 2.27. The Kier molecular flexibility index (Phi) is 5.59. The first kappa shape index (κ1) is 18.4. The molecule has 0 radical (unpaired) electrons. The lowest BCUT2D eigenvalue weighted by molar-refractivity contribution is -0.136. The van der Waals surface area contributed by atoms with Crippen molar-refractivity contribution in [3.8, 4) is 5.75 Å². The molecule has 1 aliphatic heterocycles. The number of carbonyl (C=O) groups is 1. The average Bonchev–Trinajstić information content (AvgIpc) is 2.73. The van der Waals surface area contributed by atoms with Gasteiger partial charge in [-0.2, -0.15) is 0 Å². The number of carboxylic acid groups (broad SMARTS) is 1. The first-order valence-electron chi connectivity index (χ1n) is 8.87. The standard InChI is InChI=1S/C21H25NO4/c1-22(2)11-5-8-16-14(12-19(23)24)9-10-18-20(16)21(25)17-7-4-3-6-15(17)13-26-18/h3-4,6-7,9-10,21,25H,5,8,11-13H2,1-2H3,(H,23,24). The van der Waals surface area contributed by atoms with Crippen molar-refractivity contribution >= 4 is 5.97 Å². The fourth-order valence-electron chi connectivity index (χ4n) is 3.55. The minimum Gasteiger partial charge on any atom is -0.488 e. The second-order valence-electron chi connectivity index (χ2n) is 6.98. The van der Waals surface area contributed by atoms with Gasteiger partial charge >= 0.3 is 5.97 Å². The molecular formula is C21H25NO4. The van der Waals surface area contributed by atoms with Gasteiger partial charge in [0.05, 0.1) is 6.42 Å². The summed E-state index contributed by atoms with van der Waals surface area (Å²) in [5.41, 5.74) is 4.14. The van der Waals surface area contributed by atoms with Gasteiger partial charge in [-0.25, -0.2) is 0 Å². The molecule has 5 heteroatoms. The van der Waals surface area contributed by atoms with Crippen molar-refractivity contribution in [1.82, 2.24) is 4.90 Å². The van der Waals surface area contributed by atoms with E-state index >= 15 is 0 Å². The third-order valence-corrected chi connectivity index (χ3v) is 4.79. The van der Waals surface area contributed by atoms with Crippen LogP contribution in [0.3, 0.4) is 0 Å². The molecule has 0 aliphatic carbocycles. The van der Waals surface area contributed by atoms with Crippen LogP contribution in [-0.2, 0) is 24.2 Å². The Morgan fingerprint density at radius 1 is 1.23 bits per heavy atom. The third kappa shape index (κ3) is 3.89. The normalized spacial score (nSPS) is 15.8. The number of hydrogen-bond donors (Lipinski definition) is 2. The van der Waals surface area contributed by atoms with E-state index < -0.39 is 12.1 Å². The largest absolute Gasteiger partial charge is 0.488 e. The van der Waals surface area contributed by atoms with Crippen LogP contribution < -0.4 is 4.74 Å². The van der Waals surface area contributed by atoms with Gasteiger partial charge in [0.2, 0.25) is 0 Å². The van der Waals surface area contributed by atoms with E-state index in [1.165, 1.54) is 0 Å². The zero-order chi connectivity index (χ0) is 18.7. The monoisotopic (exact) mass is 355 g/mol. The first-order valence-corrected chi connectivity index (χ1v) is 8.87. The van der Waals surface area contributed by atoms with Crippen LogP contribution >= 0.6 is 0 Å². The fourth-order valence-corrected chi connectivity index (χ4v) is 3.55. The number of ether oxygens (including phenoxy) is 1. The summed E-state index contributed by atoms with van der Waals surface area (Å²) in [6.45, 7) is 1.29. The molecule has 1 atom stereocenters. The zero-order valence-corrected chi connectivity index (χ0v) is 15.2. The van der Waals surface area contributed by atoms with Crippen LogP contribution in [0.4, 0.5) is 0 Å². The summed E-state index contributed by atoms with van der Waals surface area (Å²) in [4.78, 5) is 13.4. The Hall–Kier alpha value is -2.37. The van der Waals surface area contributed by atoms with Gasteiger partial charge in [-0.3, -0.25) is 4.79 Å². The zero-order valence-electron chi connectivity index (χ0n) is 15.2. The van der Waals surface area contributed by atoms with Crippen LogP contribution in [0.15, 0.2) is 36.4 Å². The number of aliphatic hydroxyl groups excluding tert-OH is 1. The minimum atomic E-state index is -0.872. The number of fused-ring (bicyclic) bond motifs is 2. The maximum absolute atomic E-state index is 11.3. The molecule has 1 heterocycles. The molecule has 0 amide bonds. The number of carboxylic acids is 1. The lowest BCUT2D eigenvalue weighted by atomic mass is 9.88. The molecular weight excluding hydrogens is 330 g/mol. The highest BCUT2D eigenvalue weighted by molar-refractivity contribution is 5.71. The van der Waals surface area contributed by atoms with Crippen molar-refractivity contribution in [3.63, 3.8) is 0 Å². The number of rotatable bonds is 6. The Balaban J connectivity index is 2.07. The molecule has 5 nitrogen and oxygen atoms in total. The molecule has 26 heavy (non-hydrogen) atoms. The number of benzene rings is 2. The van der Waals surface area contributed by atoms with E-state index in [1.807, 2.05) is 44.4 Å². The SMILES string of the molecule is CN(C)CCCc1c(CC(=O)O)ccc2c1C(O)c1ccccc1CO2. The van der Waals surface area contributed by atoms with Gasteiger partial charge in [0.1, 0.15) is 18.5 Å². The molecule has 0 fully saturated rings. The van der Waals surface area contributed by atoms with E-state index in [1.54, 1.807) is 6.07 Å². The first-order chi connectivity index (χ1) is 12.5. The molecule has 2 aromatic rings. The number of aliphatic hydroxyl groups is 1. The number of hydrogen-bond acceptors (Lipinski definition) is 4. The molecule has 1 aliphatic rings. The molecule has 1 unspecified atom stereocenters. The molecule has 0 aromatic heterocycles. The van der Waals surface area contributed by atoms with E-state index in [9.17, 15) is 15.0 Å². The van der Waals surface area contributed by atoms with Crippen LogP contribution in [0.25, 0.3) is 0 Å². The Morgan fingerprint density at radius 2 is 2.00 bits per heavy atom. The highest BCUT2D eigenvalue weighted by Crippen LogP contribution is 2.39. The second kappa shape index (κ2) is 7.89. The molecule has 0 saturated heterocycles. The predicted molar refractivity (Wildman–Crippen MR) is 99.5 cm³/mol. The van der Waals surface area contributed by atoms with Crippen LogP contribution in [0.5, 0.6) is 5.75 Å². The van der Waals surface area contributed by atoms with Crippen molar-refractivity contribution in [2.24, 2.45) is 0 Å². The highest BCUT2D eigenvalue weighted by atomic mass is 16.5. The summed E-state index contributed by atoms with van der Waals surface area (Å²) in [6, 6.07) is 11.3. The van der Waals surface area contributed by atoms with Crippen LogP contribution in [0.2, 0.25) is 0 Å². The maximum atomic E-state index is 11.3. The van der Waals surface area contributed by atoms with Crippen molar-refractivity contribution < 1.29 is 19.7 Å². The van der Waals surface area contributed by atoms with Gasteiger partial charge in [0.15, 0.2) is 0 Å². The van der Waals surface area contributed by atoms with Crippen LogP contribution in [-0.4, -0.2) is 41.7 Å².